The van der Waals surface area contributed by atoms with Gasteiger partial charge in [0, 0.05) is 28.4 Å². The molecule has 6 atom stereocenters. The molecule has 0 unspecified atom stereocenters. The van der Waals surface area contributed by atoms with Crippen LogP contribution in [0.3, 0.4) is 0 Å². The SMILES string of the molecule is CC(=O)[C@H]1C[C@@]23C=C[C@]1(CO)[C@@H]1Oc4c(C)ccc5c4[C@@]12CCN(C)[C@@H]3C5. The second-order valence-electron chi connectivity index (χ2n) is 9.68. The van der Waals surface area contributed by atoms with E-state index in [0.717, 1.165) is 31.6 Å². The van der Waals surface area contributed by atoms with Crippen LogP contribution in [0.1, 0.15) is 36.5 Å². The molecular weight excluding hydrogens is 338 g/mol. The van der Waals surface area contributed by atoms with Crippen molar-refractivity contribution in [2.45, 2.75) is 50.7 Å². The molecule has 0 aromatic heterocycles. The Bertz CT molecular complexity index is 922. The number of ketones is 1. The first kappa shape index (κ1) is 16.3. The number of hydrogen-bond donors (Lipinski definition) is 1. The summed E-state index contributed by atoms with van der Waals surface area (Å²) in [5, 5.41) is 10.6. The first-order valence-corrected chi connectivity index (χ1v) is 10.2. The third-order valence-electron chi connectivity index (χ3n) is 8.93. The molecule has 2 heterocycles. The van der Waals surface area contributed by atoms with Gasteiger partial charge < -0.3 is 14.7 Å². The average Bonchev–Trinajstić information content (AvgIpc) is 3.03. The number of likely N-dealkylation sites (tertiary alicyclic amines) is 1. The highest BCUT2D eigenvalue weighted by atomic mass is 16.5. The number of carbonyl (C=O) groups is 1. The van der Waals surface area contributed by atoms with E-state index in [9.17, 15) is 9.90 Å². The molecule has 4 aliphatic carbocycles. The van der Waals surface area contributed by atoms with Gasteiger partial charge in [0.15, 0.2) is 0 Å². The van der Waals surface area contributed by atoms with Gasteiger partial charge in [0.1, 0.15) is 17.6 Å². The van der Waals surface area contributed by atoms with E-state index in [2.05, 4.69) is 43.2 Å². The van der Waals surface area contributed by atoms with E-state index < -0.39 is 5.41 Å². The van der Waals surface area contributed by atoms with Gasteiger partial charge in [0.2, 0.25) is 0 Å². The summed E-state index contributed by atoms with van der Waals surface area (Å²) in [6, 6.07) is 4.86. The van der Waals surface area contributed by atoms with Crippen LogP contribution in [0.5, 0.6) is 5.75 Å². The first-order valence-electron chi connectivity index (χ1n) is 10.2. The lowest BCUT2D eigenvalue weighted by Crippen LogP contribution is -2.77. The van der Waals surface area contributed by atoms with E-state index in [0.29, 0.717) is 6.04 Å². The van der Waals surface area contributed by atoms with Crippen molar-refractivity contribution in [1.82, 2.24) is 4.90 Å². The van der Waals surface area contributed by atoms with Crippen molar-refractivity contribution in [2.75, 3.05) is 20.2 Å². The van der Waals surface area contributed by atoms with Gasteiger partial charge in [-0.15, -0.1) is 0 Å². The van der Waals surface area contributed by atoms with Crippen LogP contribution in [0, 0.1) is 23.7 Å². The van der Waals surface area contributed by atoms with E-state index in [1.807, 2.05) is 0 Å². The topological polar surface area (TPSA) is 49.8 Å². The summed E-state index contributed by atoms with van der Waals surface area (Å²) in [5.74, 6) is 1.05. The lowest BCUT2D eigenvalue weighted by molar-refractivity contribution is -0.184. The number of benzene rings is 1. The van der Waals surface area contributed by atoms with Crippen molar-refractivity contribution in [1.29, 1.82) is 0 Å². The van der Waals surface area contributed by atoms with Crippen molar-refractivity contribution in [3.63, 3.8) is 0 Å². The molecule has 2 spiro atoms. The number of aryl methyl sites for hydroxylation is 1. The summed E-state index contributed by atoms with van der Waals surface area (Å²) in [4.78, 5) is 15.2. The Morgan fingerprint density at radius 2 is 2.19 bits per heavy atom. The number of likely N-dealkylation sites (N-methyl/N-ethyl adjacent to an activating group) is 1. The molecule has 27 heavy (non-hydrogen) atoms. The molecule has 7 rings (SSSR count). The number of piperidine rings is 1. The summed E-state index contributed by atoms with van der Waals surface area (Å²) in [6.45, 7) is 4.83. The van der Waals surface area contributed by atoms with E-state index in [-0.39, 0.29) is 35.2 Å². The number of nitrogens with zero attached hydrogens (tertiary/aromatic N) is 1. The molecule has 4 bridgehead atoms. The molecule has 0 amide bonds. The summed E-state index contributed by atoms with van der Waals surface area (Å²) in [6.07, 6.45) is 7.30. The Balaban J connectivity index is 1.73. The van der Waals surface area contributed by atoms with Crippen LogP contribution in [-0.4, -0.2) is 48.1 Å². The van der Waals surface area contributed by atoms with Crippen molar-refractivity contribution >= 4 is 5.78 Å². The molecular formula is C23H27NO3. The van der Waals surface area contributed by atoms with Crippen molar-refractivity contribution in [3.8, 4) is 5.75 Å². The maximum atomic E-state index is 12.7. The molecule has 4 nitrogen and oxygen atoms in total. The second-order valence-corrected chi connectivity index (χ2v) is 9.68. The molecule has 6 aliphatic rings. The van der Waals surface area contributed by atoms with Gasteiger partial charge in [-0.3, -0.25) is 4.79 Å². The maximum Gasteiger partial charge on any atom is 0.134 e. The molecule has 2 fully saturated rings. The standard InChI is InChI=1S/C23H27NO3/c1-13-4-5-15-10-17-22-7-6-21(12-25,16(11-22)14(2)26)20-23(22,8-9-24(17)3)18(15)19(13)27-20/h4-7,16-17,20,25H,8-12H2,1-3H3/t16-,17-,20+,21-,22-,23+/m1/s1. The summed E-state index contributed by atoms with van der Waals surface area (Å²) >= 11 is 0. The number of aliphatic hydroxyl groups is 1. The fraction of sp³-hybridized carbons (Fsp3) is 0.609. The zero-order valence-electron chi connectivity index (χ0n) is 16.3. The number of fused-ring (bicyclic) bond motifs is 1. The smallest absolute Gasteiger partial charge is 0.134 e. The van der Waals surface area contributed by atoms with Gasteiger partial charge in [0.25, 0.3) is 0 Å². The number of Topliss-reactive ketones (excluding diaryl/α,β-unsaturated/α-hetero) is 1. The van der Waals surface area contributed by atoms with Crippen molar-refractivity contribution in [3.05, 3.63) is 41.0 Å². The Labute approximate surface area is 160 Å². The molecule has 1 saturated heterocycles. The van der Waals surface area contributed by atoms with Gasteiger partial charge in [-0.25, -0.2) is 0 Å². The van der Waals surface area contributed by atoms with Crippen molar-refractivity contribution in [2.24, 2.45) is 16.7 Å². The summed E-state index contributed by atoms with van der Waals surface area (Å²) in [7, 11) is 2.23. The minimum absolute atomic E-state index is 0.0287. The Morgan fingerprint density at radius 1 is 1.37 bits per heavy atom. The third kappa shape index (κ3) is 1.46. The molecule has 1 saturated carbocycles. The van der Waals surface area contributed by atoms with Crippen LogP contribution in [0.4, 0.5) is 0 Å². The molecule has 1 aromatic rings. The highest BCUT2D eigenvalue weighted by Gasteiger charge is 2.78. The van der Waals surface area contributed by atoms with Gasteiger partial charge >= 0.3 is 0 Å². The zero-order valence-corrected chi connectivity index (χ0v) is 16.3. The van der Waals surface area contributed by atoms with Crippen LogP contribution in [0.25, 0.3) is 0 Å². The molecule has 0 radical (unpaired) electrons. The normalized spacial score (nSPS) is 45.6. The number of aliphatic hydroxyl groups excluding tert-OH is 1. The van der Waals surface area contributed by atoms with Crippen LogP contribution in [0.2, 0.25) is 0 Å². The van der Waals surface area contributed by atoms with E-state index >= 15 is 0 Å². The fourth-order valence-corrected chi connectivity index (χ4v) is 7.80. The Kier molecular flexibility index (Phi) is 2.82. The lowest BCUT2D eigenvalue weighted by atomic mass is 9.35. The number of carbonyl (C=O) groups excluding carboxylic acids is 1. The van der Waals surface area contributed by atoms with Crippen LogP contribution < -0.4 is 4.74 Å². The quantitative estimate of drug-likeness (QED) is 0.818. The summed E-state index contributed by atoms with van der Waals surface area (Å²) < 4.78 is 6.77. The number of rotatable bonds is 2. The van der Waals surface area contributed by atoms with Gasteiger partial charge in [-0.1, -0.05) is 24.3 Å². The van der Waals surface area contributed by atoms with E-state index in [1.54, 1.807) is 6.92 Å². The second kappa shape index (κ2) is 4.66. The molecule has 1 aromatic carbocycles. The predicted molar refractivity (Wildman–Crippen MR) is 102 cm³/mol. The largest absolute Gasteiger partial charge is 0.488 e. The highest BCUT2D eigenvalue weighted by Crippen LogP contribution is 2.75. The van der Waals surface area contributed by atoms with Crippen LogP contribution in [-0.2, 0) is 16.6 Å². The maximum absolute atomic E-state index is 12.7. The molecule has 4 heteroatoms. The Hall–Kier alpha value is -1.65. The average molecular weight is 365 g/mol. The highest BCUT2D eigenvalue weighted by molar-refractivity contribution is 5.81. The fourth-order valence-electron chi connectivity index (χ4n) is 7.80. The third-order valence-corrected chi connectivity index (χ3v) is 8.93. The Morgan fingerprint density at radius 3 is 2.93 bits per heavy atom. The summed E-state index contributed by atoms with van der Waals surface area (Å²) in [5.41, 5.74) is 3.20. The predicted octanol–water partition coefficient (Wildman–Crippen LogP) is 2.40. The van der Waals surface area contributed by atoms with Gasteiger partial charge in [0.05, 0.1) is 12.0 Å². The van der Waals surface area contributed by atoms with Gasteiger partial charge in [-0.05, 0) is 57.8 Å². The monoisotopic (exact) mass is 365 g/mol. The number of ether oxygens (including phenoxy) is 1. The first-order chi connectivity index (χ1) is 12.9. The lowest BCUT2D eigenvalue weighted by Gasteiger charge is -2.71. The van der Waals surface area contributed by atoms with Crippen LogP contribution in [0.15, 0.2) is 24.3 Å². The molecule has 2 aliphatic heterocycles. The van der Waals surface area contributed by atoms with Crippen molar-refractivity contribution < 1.29 is 14.6 Å². The molecule has 1 N–H and O–H groups in total. The minimum Gasteiger partial charge on any atom is -0.488 e. The number of hydrogen-bond acceptors (Lipinski definition) is 4. The molecule has 142 valence electrons. The van der Waals surface area contributed by atoms with E-state index in [4.69, 9.17) is 4.74 Å². The minimum atomic E-state index is -0.603. The van der Waals surface area contributed by atoms with Crippen LogP contribution >= 0.6 is 0 Å². The van der Waals surface area contributed by atoms with E-state index in [1.165, 1.54) is 16.7 Å². The zero-order chi connectivity index (χ0) is 18.8. The van der Waals surface area contributed by atoms with Gasteiger partial charge in [-0.2, -0.15) is 0 Å².